The number of hydrogen-bond donors (Lipinski definition) is 2. The molecule has 6 nitrogen and oxygen atoms in total. The molecule has 120 valence electrons. The molecule has 2 rings (SSSR count). The third kappa shape index (κ3) is 4.29. The Morgan fingerprint density at radius 2 is 2.13 bits per heavy atom. The van der Waals surface area contributed by atoms with E-state index in [0.717, 1.165) is 0 Å². The molecule has 0 saturated carbocycles. The Labute approximate surface area is 149 Å². The van der Waals surface area contributed by atoms with Crippen molar-refractivity contribution in [3.63, 3.8) is 0 Å². The molecule has 0 bridgehead atoms. The second-order valence-corrected chi connectivity index (χ2v) is 5.95. The van der Waals surface area contributed by atoms with Crippen molar-refractivity contribution >= 4 is 44.0 Å². The molecular weight excluding hydrogens is 430 g/mol. The molecule has 1 heterocycles. The van der Waals surface area contributed by atoms with Crippen LogP contribution in [0.2, 0.25) is 0 Å². The lowest BCUT2D eigenvalue weighted by Crippen LogP contribution is -2.17. The van der Waals surface area contributed by atoms with Gasteiger partial charge in [-0.1, -0.05) is 0 Å². The molecule has 1 aromatic carbocycles. The average molecular weight is 443 g/mol. The largest absolute Gasteiger partial charge is 0.504 e. The molecule has 0 atom stereocenters. The molecule has 0 aliphatic carbocycles. The maximum absolute atomic E-state index is 11.9. The molecule has 2 aromatic rings. The summed E-state index contributed by atoms with van der Waals surface area (Å²) >= 11 is 6.72. The highest BCUT2D eigenvalue weighted by atomic mass is 79.9. The van der Waals surface area contributed by atoms with Crippen molar-refractivity contribution in [2.24, 2.45) is 5.10 Å². The summed E-state index contributed by atoms with van der Waals surface area (Å²) in [6.45, 7) is 2.23. The van der Waals surface area contributed by atoms with Crippen LogP contribution in [0.25, 0.3) is 0 Å². The number of phenolic OH excluding ortho intramolecular Hbond substituents is 1. The Balaban J connectivity index is 2.21. The van der Waals surface area contributed by atoms with Gasteiger partial charge in [-0.15, -0.1) is 0 Å². The first kappa shape index (κ1) is 17.4. The summed E-state index contributed by atoms with van der Waals surface area (Å²) in [5.41, 5.74) is 3.21. The SMILES string of the molecule is CCOc1cc(Br)c(Br)c(/C=N\NC(=O)c2ccncc2)c1O. The number of hydrogen-bond acceptors (Lipinski definition) is 5. The minimum Gasteiger partial charge on any atom is -0.504 e. The van der Waals surface area contributed by atoms with Gasteiger partial charge in [-0.05, 0) is 57.0 Å². The van der Waals surface area contributed by atoms with E-state index in [1.807, 2.05) is 6.92 Å². The molecule has 0 saturated heterocycles. The standard InChI is InChI=1S/C15H13Br2N3O3/c1-2-23-12-7-11(16)13(17)10(14(12)21)8-19-20-15(22)9-3-5-18-6-4-9/h3-8,21H,2H2,1H3,(H,20,22)/b19-8-. The summed E-state index contributed by atoms with van der Waals surface area (Å²) in [5, 5.41) is 14.1. The van der Waals surface area contributed by atoms with Crippen LogP contribution >= 0.6 is 31.9 Å². The van der Waals surface area contributed by atoms with Crippen LogP contribution in [0, 0.1) is 0 Å². The summed E-state index contributed by atoms with van der Waals surface area (Å²) in [6.07, 6.45) is 4.37. The zero-order chi connectivity index (χ0) is 16.8. The van der Waals surface area contributed by atoms with E-state index in [0.29, 0.717) is 32.4 Å². The Hall–Kier alpha value is -1.93. The van der Waals surface area contributed by atoms with Crippen LogP contribution in [-0.2, 0) is 0 Å². The smallest absolute Gasteiger partial charge is 0.271 e. The third-order valence-corrected chi connectivity index (χ3v) is 4.81. The summed E-state index contributed by atoms with van der Waals surface area (Å²) in [7, 11) is 0. The quantitative estimate of drug-likeness (QED) is 0.548. The van der Waals surface area contributed by atoms with Crippen LogP contribution in [0.1, 0.15) is 22.8 Å². The van der Waals surface area contributed by atoms with E-state index >= 15 is 0 Å². The number of ether oxygens (including phenoxy) is 1. The number of halogens is 2. The Kier molecular flexibility index (Phi) is 6.12. The molecule has 1 amide bonds. The molecule has 2 N–H and O–H groups in total. The number of carbonyl (C=O) groups excluding carboxylic acids is 1. The number of amides is 1. The van der Waals surface area contributed by atoms with E-state index in [4.69, 9.17) is 4.74 Å². The normalized spacial score (nSPS) is 10.7. The number of rotatable bonds is 5. The molecule has 0 fully saturated rings. The van der Waals surface area contributed by atoms with Gasteiger partial charge in [-0.3, -0.25) is 9.78 Å². The third-order valence-electron chi connectivity index (χ3n) is 2.79. The molecule has 0 spiro atoms. The zero-order valence-electron chi connectivity index (χ0n) is 12.1. The van der Waals surface area contributed by atoms with Crippen LogP contribution in [-0.4, -0.2) is 28.8 Å². The maximum atomic E-state index is 11.9. The fraction of sp³-hybridized carbons (Fsp3) is 0.133. The summed E-state index contributed by atoms with van der Waals surface area (Å²) in [4.78, 5) is 15.7. The molecule has 0 radical (unpaired) electrons. The monoisotopic (exact) mass is 441 g/mol. The Bertz CT molecular complexity index is 736. The first-order chi connectivity index (χ1) is 11.0. The van der Waals surface area contributed by atoms with Crippen LogP contribution in [0.15, 0.2) is 44.6 Å². The molecule has 8 heteroatoms. The van der Waals surface area contributed by atoms with Crippen molar-refractivity contribution in [1.82, 2.24) is 10.4 Å². The number of aromatic nitrogens is 1. The highest BCUT2D eigenvalue weighted by molar-refractivity contribution is 9.13. The molecular formula is C15H13Br2N3O3. The van der Waals surface area contributed by atoms with Gasteiger partial charge in [0.15, 0.2) is 11.5 Å². The van der Waals surface area contributed by atoms with Crippen LogP contribution in [0.4, 0.5) is 0 Å². The number of nitrogens with zero attached hydrogens (tertiary/aromatic N) is 2. The van der Waals surface area contributed by atoms with E-state index in [2.05, 4.69) is 47.4 Å². The number of hydrazone groups is 1. The Morgan fingerprint density at radius 1 is 1.43 bits per heavy atom. The Morgan fingerprint density at radius 3 is 2.78 bits per heavy atom. The molecule has 1 aromatic heterocycles. The lowest BCUT2D eigenvalue weighted by molar-refractivity contribution is 0.0955. The van der Waals surface area contributed by atoms with E-state index < -0.39 is 0 Å². The van der Waals surface area contributed by atoms with Crippen molar-refractivity contribution in [3.8, 4) is 11.5 Å². The first-order valence-electron chi connectivity index (χ1n) is 6.61. The van der Waals surface area contributed by atoms with E-state index in [-0.39, 0.29) is 11.7 Å². The van der Waals surface area contributed by atoms with Gasteiger partial charge in [0.2, 0.25) is 0 Å². The van der Waals surface area contributed by atoms with E-state index in [9.17, 15) is 9.90 Å². The number of aromatic hydroxyl groups is 1. The summed E-state index contributed by atoms with van der Waals surface area (Å²) in [5.74, 6) is -0.118. The van der Waals surface area contributed by atoms with Gasteiger partial charge in [0.1, 0.15) is 0 Å². The lowest BCUT2D eigenvalue weighted by atomic mass is 10.2. The van der Waals surface area contributed by atoms with Crippen LogP contribution in [0.3, 0.4) is 0 Å². The number of benzene rings is 1. The van der Waals surface area contributed by atoms with Gasteiger partial charge in [0.05, 0.1) is 18.4 Å². The second kappa shape index (κ2) is 8.07. The number of pyridine rings is 1. The first-order valence-corrected chi connectivity index (χ1v) is 8.20. The summed E-state index contributed by atoms with van der Waals surface area (Å²) < 4.78 is 6.65. The van der Waals surface area contributed by atoms with Crippen molar-refractivity contribution in [1.29, 1.82) is 0 Å². The second-order valence-electron chi connectivity index (χ2n) is 4.30. The molecule has 23 heavy (non-hydrogen) atoms. The topological polar surface area (TPSA) is 83.8 Å². The maximum Gasteiger partial charge on any atom is 0.271 e. The van der Waals surface area contributed by atoms with E-state index in [1.165, 1.54) is 18.6 Å². The van der Waals surface area contributed by atoms with Gasteiger partial charge in [-0.2, -0.15) is 5.10 Å². The predicted octanol–water partition coefficient (Wildman–Crippen LogP) is 3.47. The minimum atomic E-state index is -0.376. The van der Waals surface area contributed by atoms with Gasteiger partial charge in [0, 0.05) is 26.9 Å². The zero-order valence-corrected chi connectivity index (χ0v) is 15.3. The van der Waals surface area contributed by atoms with Crippen molar-refractivity contribution in [2.75, 3.05) is 6.61 Å². The number of carbonyl (C=O) groups is 1. The van der Waals surface area contributed by atoms with Gasteiger partial charge in [-0.25, -0.2) is 5.43 Å². The van der Waals surface area contributed by atoms with Crippen molar-refractivity contribution in [2.45, 2.75) is 6.92 Å². The van der Waals surface area contributed by atoms with Gasteiger partial charge >= 0.3 is 0 Å². The minimum absolute atomic E-state index is 0.0659. The van der Waals surface area contributed by atoms with Gasteiger partial charge < -0.3 is 9.84 Å². The highest BCUT2D eigenvalue weighted by Gasteiger charge is 2.14. The fourth-order valence-electron chi connectivity index (χ4n) is 1.72. The van der Waals surface area contributed by atoms with Crippen molar-refractivity contribution in [3.05, 3.63) is 50.7 Å². The predicted molar refractivity (Wildman–Crippen MR) is 94.0 cm³/mol. The van der Waals surface area contributed by atoms with Crippen LogP contribution < -0.4 is 10.2 Å². The number of nitrogens with one attached hydrogen (secondary N) is 1. The lowest BCUT2D eigenvalue weighted by Gasteiger charge is -2.11. The fourth-order valence-corrected chi connectivity index (χ4v) is 2.54. The van der Waals surface area contributed by atoms with E-state index in [1.54, 1.807) is 18.2 Å². The molecule has 0 unspecified atom stereocenters. The van der Waals surface area contributed by atoms with Gasteiger partial charge in [0.25, 0.3) is 5.91 Å². The summed E-state index contributed by atoms with van der Waals surface area (Å²) in [6, 6.07) is 4.80. The van der Waals surface area contributed by atoms with Crippen molar-refractivity contribution < 1.29 is 14.6 Å². The molecule has 0 aliphatic heterocycles. The highest BCUT2D eigenvalue weighted by Crippen LogP contribution is 2.39. The average Bonchev–Trinajstić information content (AvgIpc) is 2.56. The van der Waals surface area contributed by atoms with Crippen LogP contribution in [0.5, 0.6) is 11.5 Å². The molecule has 0 aliphatic rings. The number of phenols is 1.